The molecule has 25 heavy (non-hydrogen) atoms. The quantitative estimate of drug-likeness (QED) is 0.693. The lowest BCUT2D eigenvalue weighted by Crippen LogP contribution is -2.20. The van der Waals surface area contributed by atoms with Crippen LogP contribution in [0, 0.1) is 0 Å². The highest BCUT2D eigenvalue weighted by Crippen LogP contribution is 2.17. The number of imidazole rings is 1. The Morgan fingerprint density at radius 2 is 1.88 bits per heavy atom. The van der Waals surface area contributed by atoms with Crippen LogP contribution < -0.4 is 5.32 Å². The van der Waals surface area contributed by atoms with Crippen molar-refractivity contribution in [2.24, 2.45) is 0 Å². The molecule has 0 aliphatic rings. The van der Waals surface area contributed by atoms with Gasteiger partial charge in [0.05, 0.1) is 23.7 Å². The molecule has 0 bridgehead atoms. The third kappa shape index (κ3) is 3.51. The third-order valence-electron chi connectivity index (χ3n) is 3.77. The summed E-state index contributed by atoms with van der Waals surface area (Å²) in [7, 11) is 1.31. The highest BCUT2D eigenvalue weighted by Gasteiger charge is 2.13. The molecule has 0 radical (unpaired) electrons. The molecule has 2 N–H and O–H groups in total. The number of benzene rings is 2. The Balaban J connectivity index is 1.76. The summed E-state index contributed by atoms with van der Waals surface area (Å²) in [6.07, 6.45) is 0. The smallest absolute Gasteiger partial charge is 0.337 e. The van der Waals surface area contributed by atoms with Crippen molar-refractivity contribution in [1.82, 2.24) is 9.55 Å². The zero-order chi connectivity index (χ0) is 17.8. The number of anilines is 1. The zero-order valence-electron chi connectivity index (χ0n) is 13.6. The maximum atomic E-state index is 12.3. The molecule has 3 aromatic rings. The van der Waals surface area contributed by atoms with Gasteiger partial charge in [0.1, 0.15) is 19.0 Å². The van der Waals surface area contributed by atoms with E-state index in [0.717, 1.165) is 11.0 Å². The average molecular weight is 339 g/mol. The molecule has 1 aromatic heterocycles. The van der Waals surface area contributed by atoms with Gasteiger partial charge in [-0.25, -0.2) is 9.78 Å². The van der Waals surface area contributed by atoms with Gasteiger partial charge in [0, 0.05) is 5.69 Å². The molecule has 0 aliphatic carbocycles. The number of ether oxygens (including phenoxy) is 1. The number of fused-ring (bicyclic) bond motifs is 1. The molecule has 1 heterocycles. The summed E-state index contributed by atoms with van der Waals surface area (Å²) in [5.74, 6) is -0.267. The first kappa shape index (κ1) is 16.7. The van der Waals surface area contributed by atoms with Crippen LogP contribution in [0.25, 0.3) is 11.0 Å². The minimum absolute atomic E-state index is 0.0230. The predicted molar refractivity (Wildman–Crippen MR) is 92.1 cm³/mol. The lowest BCUT2D eigenvalue weighted by Gasteiger charge is -2.09. The fraction of sp³-hybridized carbons (Fsp3) is 0.167. The number of nitrogens with zero attached hydrogens (tertiary/aromatic N) is 2. The lowest BCUT2D eigenvalue weighted by molar-refractivity contribution is -0.116. The predicted octanol–water partition coefficient (Wildman–Crippen LogP) is 1.95. The number of aliphatic hydroxyl groups excluding tert-OH is 1. The Morgan fingerprint density at radius 3 is 2.56 bits per heavy atom. The van der Waals surface area contributed by atoms with E-state index >= 15 is 0 Å². The van der Waals surface area contributed by atoms with Gasteiger partial charge in [0.25, 0.3) is 0 Å². The number of aromatic nitrogens is 2. The van der Waals surface area contributed by atoms with Gasteiger partial charge in [0.2, 0.25) is 5.91 Å². The van der Waals surface area contributed by atoms with Crippen LogP contribution in [0.5, 0.6) is 0 Å². The van der Waals surface area contributed by atoms with Crippen molar-refractivity contribution in [1.29, 1.82) is 0 Å². The Hall–Kier alpha value is -3.19. The molecule has 0 saturated carbocycles. The number of hydrogen-bond donors (Lipinski definition) is 2. The Morgan fingerprint density at radius 1 is 1.16 bits per heavy atom. The van der Waals surface area contributed by atoms with Crippen LogP contribution in [0.1, 0.15) is 16.2 Å². The van der Waals surface area contributed by atoms with Gasteiger partial charge < -0.3 is 19.7 Å². The third-order valence-corrected chi connectivity index (χ3v) is 3.77. The van der Waals surface area contributed by atoms with E-state index in [1.165, 1.54) is 7.11 Å². The first-order valence-corrected chi connectivity index (χ1v) is 7.65. The SMILES string of the molecule is COC(=O)c1ccc(NC(=O)Cn2c(CO)nc3ccccc32)cc1. The van der Waals surface area contributed by atoms with Crippen LogP contribution in [0.15, 0.2) is 48.5 Å². The van der Waals surface area contributed by atoms with Crippen LogP contribution in [-0.4, -0.2) is 33.6 Å². The Kier molecular flexibility index (Phi) is 4.76. The summed E-state index contributed by atoms with van der Waals surface area (Å²) in [6, 6.07) is 13.8. The largest absolute Gasteiger partial charge is 0.465 e. The number of carbonyl (C=O) groups is 2. The summed E-state index contributed by atoms with van der Waals surface area (Å²) >= 11 is 0. The highest BCUT2D eigenvalue weighted by molar-refractivity contribution is 5.93. The number of methoxy groups -OCH3 is 1. The fourth-order valence-electron chi connectivity index (χ4n) is 2.57. The topological polar surface area (TPSA) is 93.5 Å². The second-order valence-corrected chi connectivity index (χ2v) is 5.38. The molecular weight excluding hydrogens is 322 g/mol. The molecule has 7 nitrogen and oxygen atoms in total. The molecule has 0 saturated heterocycles. The van der Waals surface area contributed by atoms with E-state index in [-0.39, 0.29) is 19.1 Å². The molecule has 0 unspecified atom stereocenters. The molecule has 0 fully saturated rings. The van der Waals surface area contributed by atoms with Crippen LogP contribution in [0.2, 0.25) is 0 Å². The van der Waals surface area contributed by atoms with Gasteiger partial charge in [-0.1, -0.05) is 12.1 Å². The van der Waals surface area contributed by atoms with Crippen LogP contribution in [-0.2, 0) is 22.7 Å². The first-order valence-electron chi connectivity index (χ1n) is 7.65. The molecule has 0 spiro atoms. The second-order valence-electron chi connectivity index (χ2n) is 5.38. The minimum atomic E-state index is -0.435. The van der Waals surface area contributed by atoms with Crippen LogP contribution in [0.4, 0.5) is 5.69 Å². The average Bonchev–Trinajstić information content (AvgIpc) is 2.99. The van der Waals surface area contributed by atoms with E-state index in [0.29, 0.717) is 17.1 Å². The van der Waals surface area contributed by atoms with E-state index in [9.17, 15) is 14.7 Å². The van der Waals surface area contributed by atoms with Crippen molar-refractivity contribution in [3.8, 4) is 0 Å². The summed E-state index contributed by atoms with van der Waals surface area (Å²) in [5.41, 5.74) is 2.47. The van der Waals surface area contributed by atoms with Crippen molar-refractivity contribution in [2.75, 3.05) is 12.4 Å². The summed E-state index contributed by atoms with van der Waals surface area (Å²) in [5, 5.41) is 12.2. The normalized spacial score (nSPS) is 10.6. The van der Waals surface area contributed by atoms with Crippen molar-refractivity contribution >= 4 is 28.6 Å². The van der Waals surface area contributed by atoms with Crippen molar-refractivity contribution in [3.63, 3.8) is 0 Å². The fourth-order valence-corrected chi connectivity index (χ4v) is 2.57. The zero-order valence-corrected chi connectivity index (χ0v) is 13.6. The van der Waals surface area contributed by atoms with Crippen molar-refractivity contribution < 1.29 is 19.4 Å². The first-order chi connectivity index (χ1) is 12.1. The standard InChI is InChI=1S/C18H17N3O4/c1-25-18(24)12-6-8-13(9-7-12)19-17(23)10-21-15-5-3-2-4-14(15)20-16(21)11-22/h2-9,22H,10-11H2,1H3,(H,19,23). The number of esters is 1. The molecule has 128 valence electrons. The minimum Gasteiger partial charge on any atom is -0.465 e. The number of hydrogen-bond acceptors (Lipinski definition) is 5. The Labute approximate surface area is 143 Å². The highest BCUT2D eigenvalue weighted by atomic mass is 16.5. The van der Waals surface area contributed by atoms with Gasteiger partial charge in [-0.05, 0) is 36.4 Å². The maximum Gasteiger partial charge on any atom is 0.337 e. The van der Waals surface area contributed by atoms with E-state index in [1.807, 2.05) is 24.3 Å². The van der Waals surface area contributed by atoms with Gasteiger partial charge in [-0.2, -0.15) is 0 Å². The summed E-state index contributed by atoms with van der Waals surface area (Å²) < 4.78 is 6.31. The summed E-state index contributed by atoms with van der Waals surface area (Å²) in [4.78, 5) is 28.1. The number of rotatable bonds is 5. The van der Waals surface area contributed by atoms with Gasteiger partial charge in [0.15, 0.2) is 0 Å². The van der Waals surface area contributed by atoms with E-state index in [2.05, 4.69) is 15.0 Å². The number of amides is 1. The molecule has 7 heteroatoms. The van der Waals surface area contributed by atoms with E-state index < -0.39 is 5.97 Å². The van der Waals surface area contributed by atoms with Crippen LogP contribution >= 0.6 is 0 Å². The second kappa shape index (κ2) is 7.14. The molecule has 0 aliphatic heterocycles. The number of para-hydroxylation sites is 2. The molecule has 2 aromatic carbocycles. The van der Waals surface area contributed by atoms with E-state index in [1.54, 1.807) is 28.8 Å². The monoisotopic (exact) mass is 339 g/mol. The molecule has 1 amide bonds. The number of aliphatic hydroxyl groups is 1. The van der Waals surface area contributed by atoms with Gasteiger partial charge in [-0.15, -0.1) is 0 Å². The lowest BCUT2D eigenvalue weighted by atomic mass is 10.2. The molecule has 3 rings (SSSR count). The molecular formula is C18H17N3O4. The van der Waals surface area contributed by atoms with E-state index in [4.69, 9.17) is 0 Å². The summed E-state index contributed by atoms with van der Waals surface area (Å²) in [6.45, 7) is -0.231. The van der Waals surface area contributed by atoms with Gasteiger partial charge in [-0.3, -0.25) is 4.79 Å². The van der Waals surface area contributed by atoms with Crippen molar-refractivity contribution in [2.45, 2.75) is 13.2 Å². The molecule has 0 atom stereocenters. The number of carbonyl (C=O) groups excluding carboxylic acids is 2. The Bertz CT molecular complexity index is 916. The van der Waals surface area contributed by atoms with Gasteiger partial charge >= 0.3 is 5.97 Å². The maximum absolute atomic E-state index is 12.3. The number of nitrogens with one attached hydrogen (secondary N) is 1. The van der Waals surface area contributed by atoms with Crippen molar-refractivity contribution in [3.05, 3.63) is 59.9 Å². The van der Waals surface area contributed by atoms with Crippen LogP contribution in [0.3, 0.4) is 0 Å².